The van der Waals surface area contributed by atoms with E-state index in [9.17, 15) is 4.79 Å². The zero-order chi connectivity index (χ0) is 12.7. The number of rotatable bonds is 7. The van der Waals surface area contributed by atoms with Crippen LogP contribution < -0.4 is 0 Å². The minimum Gasteiger partial charge on any atom is -0.395 e. The van der Waals surface area contributed by atoms with Crippen LogP contribution in [0.1, 0.15) is 52.4 Å². The molecule has 3 heteroatoms. The van der Waals surface area contributed by atoms with Crippen molar-refractivity contribution in [3.8, 4) is 0 Å². The summed E-state index contributed by atoms with van der Waals surface area (Å²) in [6, 6.07) is 0. The lowest BCUT2D eigenvalue weighted by Gasteiger charge is -2.26. The number of hydrogen-bond donors (Lipinski definition) is 1. The van der Waals surface area contributed by atoms with Crippen LogP contribution in [-0.2, 0) is 4.79 Å². The Bertz CT molecular complexity index is 224. The quantitative estimate of drug-likeness (QED) is 0.743. The molecule has 100 valence electrons. The minimum absolute atomic E-state index is 0.0689. The Morgan fingerprint density at radius 3 is 2.47 bits per heavy atom. The van der Waals surface area contributed by atoms with Crippen LogP contribution in [0.2, 0.25) is 0 Å². The maximum absolute atomic E-state index is 12.3. The van der Waals surface area contributed by atoms with E-state index in [1.165, 1.54) is 25.7 Å². The van der Waals surface area contributed by atoms with Gasteiger partial charge in [0, 0.05) is 19.0 Å². The van der Waals surface area contributed by atoms with Crippen molar-refractivity contribution in [2.75, 3.05) is 19.7 Å². The van der Waals surface area contributed by atoms with Crippen LogP contribution in [0.4, 0.5) is 0 Å². The van der Waals surface area contributed by atoms with Crippen molar-refractivity contribution in [1.29, 1.82) is 0 Å². The number of carbonyl (C=O) groups excluding carboxylic acids is 1. The van der Waals surface area contributed by atoms with Crippen LogP contribution in [0.5, 0.6) is 0 Å². The van der Waals surface area contributed by atoms with Gasteiger partial charge in [-0.3, -0.25) is 4.79 Å². The number of hydrogen-bond acceptors (Lipinski definition) is 2. The third-order valence-electron chi connectivity index (χ3n) is 4.00. The summed E-state index contributed by atoms with van der Waals surface area (Å²) in [6.45, 7) is 5.34. The fraction of sp³-hybridized carbons (Fsp3) is 0.929. The lowest BCUT2D eigenvalue weighted by molar-refractivity contribution is -0.136. The highest BCUT2D eigenvalue weighted by Gasteiger charge is 2.26. The summed E-state index contributed by atoms with van der Waals surface area (Å²) in [7, 11) is 0. The number of aliphatic hydroxyl groups is 1. The van der Waals surface area contributed by atoms with Crippen LogP contribution in [-0.4, -0.2) is 35.6 Å². The minimum atomic E-state index is 0.0689. The Morgan fingerprint density at radius 1 is 1.35 bits per heavy atom. The van der Waals surface area contributed by atoms with E-state index in [0.717, 1.165) is 18.8 Å². The Morgan fingerprint density at radius 2 is 2.00 bits per heavy atom. The normalized spacial score (nSPS) is 18.3. The van der Waals surface area contributed by atoms with Gasteiger partial charge in [-0.05, 0) is 25.7 Å². The number of aliphatic hydroxyl groups excluding tert-OH is 1. The molecule has 0 aliphatic heterocycles. The lowest BCUT2D eigenvalue weighted by atomic mass is 9.90. The van der Waals surface area contributed by atoms with Gasteiger partial charge in [-0.2, -0.15) is 0 Å². The SMILES string of the molecule is CCC(CC1CCCC1)C(=O)N(CC)CCO. The van der Waals surface area contributed by atoms with Crippen molar-refractivity contribution in [2.24, 2.45) is 11.8 Å². The molecule has 0 saturated heterocycles. The maximum Gasteiger partial charge on any atom is 0.225 e. The first-order chi connectivity index (χ1) is 8.22. The molecule has 0 spiro atoms. The molecule has 1 saturated carbocycles. The van der Waals surface area contributed by atoms with E-state index < -0.39 is 0 Å². The second kappa shape index (κ2) is 7.70. The fourth-order valence-corrected chi connectivity index (χ4v) is 2.89. The van der Waals surface area contributed by atoms with Crippen LogP contribution in [0.3, 0.4) is 0 Å². The van der Waals surface area contributed by atoms with E-state index in [4.69, 9.17) is 5.11 Å². The van der Waals surface area contributed by atoms with Crippen LogP contribution >= 0.6 is 0 Å². The molecule has 1 atom stereocenters. The summed E-state index contributed by atoms with van der Waals surface area (Å²) in [5.74, 6) is 1.18. The van der Waals surface area contributed by atoms with Crippen molar-refractivity contribution >= 4 is 5.91 Å². The largest absolute Gasteiger partial charge is 0.395 e. The molecule has 0 bridgehead atoms. The molecule has 1 amide bonds. The molecular weight excluding hydrogens is 214 g/mol. The molecule has 0 aromatic rings. The van der Waals surface area contributed by atoms with Gasteiger partial charge in [0.1, 0.15) is 0 Å². The van der Waals surface area contributed by atoms with E-state index >= 15 is 0 Å². The third kappa shape index (κ3) is 4.30. The highest BCUT2D eigenvalue weighted by Crippen LogP contribution is 2.31. The van der Waals surface area contributed by atoms with Gasteiger partial charge in [-0.1, -0.05) is 32.6 Å². The molecule has 3 nitrogen and oxygen atoms in total. The number of carbonyl (C=O) groups is 1. The summed E-state index contributed by atoms with van der Waals surface area (Å²) in [5, 5.41) is 8.96. The summed E-state index contributed by atoms with van der Waals surface area (Å²) in [4.78, 5) is 14.1. The highest BCUT2D eigenvalue weighted by atomic mass is 16.3. The van der Waals surface area contributed by atoms with Gasteiger partial charge < -0.3 is 10.0 Å². The molecule has 1 aliphatic carbocycles. The van der Waals surface area contributed by atoms with Crippen molar-refractivity contribution in [2.45, 2.75) is 52.4 Å². The topological polar surface area (TPSA) is 40.5 Å². The molecule has 17 heavy (non-hydrogen) atoms. The van der Waals surface area contributed by atoms with E-state index in [2.05, 4.69) is 6.92 Å². The molecular formula is C14H27NO2. The van der Waals surface area contributed by atoms with Crippen molar-refractivity contribution < 1.29 is 9.90 Å². The Balaban J connectivity index is 2.48. The van der Waals surface area contributed by atoms with Crippen LogP contribution in [0, 0.1) is 11.8 Å². The highest BCUT2D eigenvalue weighted by molar-refractivity contribution is 5.78. The van der Waals surface area contributed by atoms with E-state index in [-0.39, 0.29) is 18.4 Å². The first-order valence-corrected chi connectivity index (χ1v) is 7.12. The maximum atomic E-state index is 12.3. The van der Waals surface area contributed by atoms with E-state index in [1.54, 1.807) is 4.90 Å². The predicted octanol–water partition coefficient (Wildman–Crippen LogP) is 2.43. The van der Waals surface area contributed by atoms with E-state index in [0.29, 0.717) is 13.1 Å². The van der Waals surface area contributed by atoms with Crippen molar-refractivity contribution in [3.63, 3.8) is 0 Å². The molecule has 1 fully saturated rings. The molecule has 1 rings (SSSR count). The Labute approximate surface area is 105 Å². The predicted molar refractivity (Wildman–Crippen MR) is 69.7 cm³/mol. The van der Waals surface area contributed by atoms with Gasteiger partial charge in [-0.25, -0.2) is 0 Å². The van der Waals surface area contributed by atoms with Gasteiger partial charge in [0.15, 0.2) is 0 Å². The summed E-state index contributed by atoms with van der Waals surface area (Å²) in [6.07, 6.45) is 7.26. The number of likely N-dealkylation sites (N-methyl/N-ethyl adjacent to an activating group) is 1. The van der Waals surface area contributed by atoms with Crippen LogP contribution in [0.15, 0.2) is 0 Å². The fourth-order valence-electron chi connectivity index (χ4n) is 2.89. The molecule has 0 radical (unpaired) electrons. The van der Waals surface area contributed by atoms with E-state index in [1.807, 2.05) is 6.92 Å². The van der Waals surface area contributed by atoms with Crippen molar-refractivity contribution in [3.05, 3.63) is 0 Å². The van der Waals surface area contributed by atoms with Gasteiger partial charge in [-0.15, -0.1) is 0 Å². The monoisotopic (exact) mass is 241 g/mol. The second-order valence-corrected chi connectivity index (χ2v) is 5.13. The zero-order valence-electron chi connectivity index (χ0n) is 11.3. The Hall–Kier alpha value is -0.570. The first-order valence-electron chi connectivity index (χ1n) is 7.12. The van der Waals surface area contributed by atoms with Crippen molar-refractivity contribution in [1.82, 2.24) is 4.90 Å². The molecule has 0 aromatic carbocycles. The molecule has 1 N–H and O–H groups in total. The third-order valence-corrected chi connectivity index (χ3v) is 4.00. The van der Waals surface area contributed by atoms with Gasteiger partial charge in [0.25, 0.3) is 0 Å². The summed E-state index contributed by atoms with van der Waals surface area (Å²) in [5.41, 5.74) is 0. The van der Waals surface area contributed by atoms with Gasteiger partial charge >= 0.3 is 0 Å². The average Bonchev–Trinajstić information content (AvgIpc) is 2.85. The molecule has 1 aliphatic rings. The number of nitrogens with zero attached hydrogens (tertiary/aromatic N) is 1. The molecule has 1 unspecified atom stereocenters. The molecule has 0 aromatic heterocycles. The molecule has 0 heterocycles. The van der Waals surface area contributed by atoms with Gasteiger partial charge in [0.05, 0.1) is 6.61 Å². The Kier molecular flexibility index (Phi) is 6.56. The first kappa shape index (κ1) is 14.5. The summed E-state index contributed by atoms with van der Waals surface area (Å²) >= 11 is 0. The smallest absolute Gasteiger partial charge is 0.225 e. The van der Waals surface area contributed by atoms with Crippen LogP contribution in [0.25, 0.3) is 0 Å². The van der Waals surface area contributed by atoms with Gasteiger partial charge in [0.2, 0.25) is 5.91 Å². The zero-order valence-corrected chi connectivity index (χ0v) is 11.3. The summed E-state index contributed by atoms with van der Waals surface area (Å²) < 4.78 is 0. The number of amides is 1. The average molecular weight is 241 g/mol. The second-order valence-electron chi connectivity index (χ2n) is 5.13. The lowest BCUT2D eigenvalue weighted by Crippen LogP contribution is -2.38. The standard InChI is InChI=1S/C14H27NO2/c1-3-13(11-12-7-5-6-8-12)14(17)15(4-2)9-10-16/h12-13,16H,3-11H2,1-2H3.